The first kappa shape index (κ1) is 21.9. The molecule has 1 fully saturated rings. The average molecular weight is 437 g/mol. The molecule has 2 aliphatic carbocycles. The third-order valence-electron chi connectivity index (χ3n) is 6.33. The van der Waals surface area contributed by atoms with E-state index in [-0.39, 0.29) is 30.8 Å². The van der Waals surface area contributed by atoms with E-state index in [0.29, 0.717) is 25.8 Å². The number of carboxylic acid groups (broad SMARTS) is 1. The van der Waals surface area contributed by atoms with Crippen LogP contribution in [0.4, 0.5) is 4.79 Å². The van der Waals surface area contributed by atoms with Crippen LogP contribution in [-0.2, 0) is 14.3 Å². The first-order valence-electron chi connectivity index (χ1n) is 11.0. The Labute approximate surface area is 187 Å². The van der Waals surface area contributed by atoms with Crippen LogP contribution in [0.3, 0.4) is 0 Å². The van der Waals surface area contributed by atoms with Gasteiger partial charge in [-0.15, -0.1) is 0 Å². The van der Waals surface area contributed by atoms with Crippen LogP contribution in [0.5, 0.6) is 0 Å². The zero-order valence-electron chi connectivity index (χ0n) is 18.1. The van der Waals surface area contributed by atoms with Gasteiger partial charge < -0.3 is 20.5 Å². The normalized spacial score (nSPS) is 16.4. The summed E-state index contributed by atoms with van der Waals surface area (Å²) in [5, 5.41) is 14.3. The molecule has 7 heteroatoms. The lowest BCUT2D eigenvalue weighted by molar-refractivity contribution is -0.137. The van der Waals surface area contributed by atoms with Crippen molar-refractivity contribution < 1.29 is 24.2 Å². The largest absolute Gasteiger partial charge is 0.481 e. The molecule has 0 aliphatic heterocycles. The number of fused-ring (bicyclic) bond motifs is 3. The van der Waals surface area contributed by atoms with Gasteiger partial charge in [-0.3, -0.25) is 9.59 Å². The molecule has 1 atom stereocenters. The number of carboxylic acids is 1. The van der Waals surface area contributed by atoms with Gasteiger partial charge in [0.25, 0.3) is 0 Å². The van der Waals surface area contributed by atoms with Crippen molar-refractivity contribution in [1.29, 1.82) is 0 Å². The molecule has 2 aromatic rings. The molecule has 1 unspecified atom stereocenters. The number of aliphatic carboxylic acids is 1. The summed E-state index contributed by atoms with van der Waals surface area (Å²) in [7, 11) is 0. The maximum atomic E-state index is 12.6. The molecule has 4 rings (SSSR count). The molecule has 168 valence electrons. The zero-order valence-corrected chi connectivity index (χ0v) is 18.1. The summed E-state index contributed by atoms with van der Waals surface area (Å²) in [4.78, 5) is 35.8. The maximum Gasteiger partial charge on any atom is 0.408 e. The fourth-order valence-electron chi connectivity index (χ4n) is 4.27. The van der Waals surface area contributed by atoms with E-state index < -0.39 is 17.6 Å². The van der Waals surface area contributed by atoms with E-state index in [2.05, 4.69) is 34.9 Å². The lowest BCUT2D eigenvalue weighted by Gasteiger charge is -2.20. The van der Waals surface area contributed by atoms with Crippen LogP contribution in [0.2, 0.25) is 0 Å². The molecule has 0 heterocycles. The molecular formula is C25H28N2O5. The third-order valence-corrected chi connectivity index (χ3v) is 6.33. The molecule has 0 bridgehead atoms. The fraction of sp³-hybridized carbons (Fsp3) is 0.400. The van der Waals surface area contributed by atoms with Crippen molar-refractivity contribution in [2.45, 2.75) is 44.1 Å². The van der Waals surface area contributed by atoms with Gasteiger partial charge in [-0.2, -0.15) is 0 Å². The van der Waals surface area contributed by atoms with Crippen molar-refractivity contribution in [1.82, 2.24) is 10.6 Å². The number of benzene rings is 2. The van der Waals surface area contributed by atoms with E-state index in [9.17, 15) is 14.4 Å². The molecule has 2 amide bonds. The lowest BCUT2D eigenvalue weighted by atomic mass is 9.98. The minimum absolute atomic E-state index is 0.0350. The Morgan fingerprint density at radius 1 is 1.06 bits per heavy atom. The van der Waals surface area contributed by atoms with Crippen molar-refractivity contribution in [2.75, 3.05) is 13.2 Å². The fourth-order valence-corrected chi connectivity index (χ4v) is 4.27. The van der Waals surface area contributed by atoms with Gasteiger partial charge in [-0.05, 0) is 47.4 Å². The highest BCUT2D eigenvalue weighted by Crippen LogP contribution is 2.44. The Bertz CT molecular complexity index is 985. The summed E-state index contributed by atoms with van der Waals surface area (Å²) < 4.78 is 5.56. The van der Waals surface area contributed by atoms with Crippen LogP contribution in [0.15, 0.2) is 48.5 Å². The molecule has 0 saturated heterocycles. The molecule has 3 N–H and O–H groups in total. The number of alkyl carbamates (subject to hydrolysis) is 1. The van der Waals surface area contributed by atoms with Crippen molar-refractivity contribution in [3.63, 3.8) is 0 Å². The second-order valence-corrected chi connectivity index (χ2v) is 8.78. The van der Waals surface area contributed by atoms with Crippen molar-refractivity contribution in [2.24, 2.45) is 5.92 Å². The predicted molar refractivity (Wildman–Crippen MR) is 119 cm³/mol. The van der Waals surface area contributed by atoms with Crippen molar-refractivity contribution in [3.8, 4) is 11.1 Å². The van der Waals surface area contributed by atoms with Crippen LogP contribution in [0.25, 0.3) is 11.1 Å². The number of hydrogen-bond acceptors (Lipinski definition) is 4. The SMILES string of the molecule is CC(CCC(=O)O)CNC(=O)C1(NC(=O)OCC2c3ccccc3-c3ccccc32)CC1. The summed E-state index contributed by atoms with van der Waals surface area (Å²) >= 11 is 0. The topological polar surface area (TPSA) is 105 Å². The van der Waals surface area contributed by atoms with Gasteiger partial charge in [0, 0.05) is 18.9 Å². The quantitative estimate of drug-likeness (QED) is 0.556. The monoisotopic (exact) mass is 436 g/mol. The molecule has 1 saturated carbocycles. The Morgan fingerprint density at radius 3 is 2.22 bits per heavy atom. The van der Waals surface area contributed by atoms with Crippen LogP contribution >= 0.6 is 0 Å². The summed E-state index contributed by atoms with van der Waals surface area (Å²) in [5.41, 5.74) is 3.67. The Hall–Kier alpha value is -3.35. The lowest BCUT2D eigenvalue weighted by Crippen LogP contribution is -2.50. The first-order valence-corrected chi connectivity index (χ1v) is 11.0. The van der Waals surface area contributed by atoms with Crippen LogP contribution in [0, 0.1) is 5.92 Å². The molecule has 0 spiro atoms. The highest BCUT2D eigenvalue weighted by atomic mass is 16.5. The summed E-state index contributed by atoms with van der Waals surface area (Å²) in [6, 6.07) is 16.3. The number of carbonyl (C=O) groups excluding carboxylic acids is 2. The van der Waals surface area contributed by atoms with E-state index in [1.807, 2.05) is 31.2 Å². The van der Waals surface area contributed by atoms with Gasteiger partial charge in [0.1, 0.15) is 12.1 Å². The molecule has 0 radical (unpaired) electrons. The number of hydrogen-bond donors (Lipinski definition) is 3. The van der Waals surface area contributed by atoms with Gasteiger partial charge in [0.2, 0.25) is 5.91 Å². The van der Waals surface area contributed by atoms with Crippen LogP contribution in [0.1, 0.15) is 49.7 Å². The molecule has 2 aliphatic rings. The minimum Gasteiger partial charge on any atom is -0.481 e. The van der Waals surface area contributed by atoms with E-state index in [0.717, 1.165) is 22.3 Å². The number of rotatable bonds is 9. The first-order chi connectivity index (χ1) is 15.4. The smallest absolute Gasteiger partial charge is 0.408 e. The second kappa shape index (κ2) is 9.02. The molecule has 0 aromatic heterocycles. The maximum absolute atomic E-state index is 12.6. The van der Waals surface area contributed by atoms with Gasteiger partial charge in [0.15, 0.2) is 0 Å². The highest BCUT2D eigenvalue weighted by Gasteiger charge is 2.51. The average Bonchev–Trinajstić information content (AvgIpc) is 3.50. The molecule has 2 aromatic carbocycles. The predicted octanol–water partition coefficient (Wildman–Crippen LogP) is 3.67. The third kappa shape index (κ3) is 4.61. The van der Waals surface area contributed by atoms with Gasteiger partial charge >= 0.3 is 12.1 Å². The Morgan fingerprint density at radius 2 is 1.66 bits per heavy atom. The number of ether oxygens (including phenoxy) is 1. The summed E-state index contributed by atoms with van der Waals surface area (Å²) in [6.45, 7) is 2.46. The molecular weight excluding hydrogens is 408 g/mol. The Kier molecular flexibility index (Phi) is 6.17. The number of amides is 2. The summed E-state index contributed by atoms with van der Waals surface area (Å²) in [6.07, 6.45) is 1.08. The van der Waals surface area contributed by atoms with E-state index in [4.69, 9.17) is 9.84 Å². The van der Waals surface area contributed by atoms with Crippen molar-refractivity contribution in [3.05, 3.63) is 59.7 Å². The standard InChI is InChI=1S/C25H28N2O5/c1-16(10-11-22(28)29)14-26-23(30)25(12-13-25)27-24(31)32-15-21-19-8-4-2-6-17(19)18-7-3-5-9-20(18)21/h2-9,16,21H,10-15H2,1H3,(H,26,30)(H,27,31)(H,28,29). The van der Waals surface area contributed by atoms with Gasteiger partial charge in [-0.1, -0.05) is 55.5 Å². The number of carbonyl (C=O) groups is 3. The van der Waals surface area contributed by atoms with Gasteiger partial charge in [-0.25, -0.2) is 4.79 Å². The van der Waals surface area contributed by atoms with E-state index in [1.165, 1.54) is 0 Å². The minimum atomic E-state index is -0.922. The molecule has 7 nitrogen and oxygen atoms in total. The van der Waals surface area contributed by atoms with Crippen molar-refractivity contribution >= 4 is 18.0 Å². The summed E-state index contributed by atoms with van der Waals surface area (Å²) in [5.74, 6) is -1.08. The van der Waals surface area contributed by atoms with Gasteiger partial charge in [0.05, 0.1) is 0 Å². The second-order valence-electron chi connectivity index (χ2n) is 8.78. The van der Waals surface area contributed by atoms with E-state index >= 15 is 0 Å². The zero-order chi connectivity index (χ0) is 22.7. The highest BCUT2D eigenvalue weighted by molar-refractivity contribution is 5.92. The van der Waals surface area contributed by atoms with E-state index in [1.54, 1.807) is 0 Å². The number of nitrogens with one attached hydrogen (secondary N) is 2. The Balaban J connectivity index is 1.31. The van der Waals surface area contributed by atoms with Crippen LogP contribution in [-0.4, -0.2) is 41.8 Å². The van der Waals surface area contributed by atoms with Crippen LogP contribution < -0.4 is 10.6 Å². The molecule has 32 heavy (non-hydrogen) atoms.